The predicted molar refractivity (Wildman–Crippen MR) is 89.2 cm³/mol. The summed E-state index contributed by atoms with van der Waals surface area (Å²) in [5, 5.41) is 16.6. The van der Waals surface area contributed by atoms with Gasteiger partial charge in [0.05, 0.1) is 0 Å². The molecule has 5 aromatic rings. The number of fused-ring (bicyclic) bond motifs is 5. The Kier molecular flexibility index (Phi) is 2.51. The van der Waals surface area contributed by atoms with Crippen molar-refractivity contribution in [2.75, 3.05) is 0 Å². The first-order valence-corrected chi connectivity index (χ1v) is 7.84. The summed E-state index contributed by atoms with van der Waals surface area (Å²) >= 11 is 1.26. The molecule has 0 unspecified atom stereocenters. The third-order valence-corrected chi connectivity index (χ3v) is 4.82. The minimum absolute atomic E-state index is 0.158. The number of aromatic nitrogens is 6. The first-order valence-electron chi connectivity index (χ1n) is 7.02. The lowest BCUT2D eigenvalue weighted by atomic mass is 10.1. The molecule has 0 bridgehead atoms. The van der Waals surface area contributed by atoms with Crippen LogP contribution in [0.2, 0.25) is 0 Å². The molecule has 0 atom stereocenters. The van der Waals surface area contributed by atoms with Crippen LogP contribution in [-0.4, -0.2) is 34.9 Å². The molecule has 0 aliphatic heterocycles. The standard InChI is InChI=1S/C15H8N6O2S/c22-8-3-1-7(2-4-8)9-13-18-14(23)12-11(21(13)20-19-9)10-15(24-12)17-6-5-16-10/h1-6,20,22H. The van der Waals surface area contributed by atoms with Gasteiger partial charge in [-0.2, -0.15) is 10.1 Å². The molecule has 116 valence electrons. The molecule has 9 heteroatoms. The SMILES string of the molecule is O=c1nc2c(-c3ccc(O)cc3)n[nH]n2c2c1sc1nccnc12. The first-order chi connectivity index (χ1) is 11.7. The number of aromatic hydroxyl groups is 1. The Hall–Kier alpha value is -3.33. The second kappa shape index (κ2) is 4.59. The zero-order chi connectivity index (χ0) is 16.3. The van der Waals surface area contributed by atoms with Crippen molar-refractivity contribution in [2.24, 2.45) is 0 Å². The fourth-order valence-electron chi connectivity index (χ4n) is 2.69. The molecule has 0 saturated heterocycles. The van der Waals surface area contributed by atoms with Crippen LogP contribution >= 0.6 is 11.3 Å². The molecular weight excluding hydrogens is 328 g/mol. The third kappa shape index (κ3) is 1.69. The van der Waals surface area contributed by atoms with E-state index in [4.69, 9.17) is 0 Å². The third-order valence-electron chi connectivity index (χ3n) is 3.75. The summed E-state index contributed by atoms with van der Waals surface area (Å²) in [7, 11) is 0. The number of benzene rings is 1. The monoisotopic (exact) mass is 336 g/mol. The largest absolute Gasteiger partial charge is 0.508 e. The Bertz CT molecular complexity index is 1280. The van der Waals surface area contributed by atoms with Crippen molar-refractivity contribution in [2.45, 2.75) is 0 Å². The Morgan fingerprint density at radius 2 is 1.92 bits per heavy atom. The average Bonchev–Trinajstić information content (AvgIpc) is 3.17. The van der Waals surface area contributed by atoms with Gasteiger partial charge in [0.25, 0.3) is 5.56 Å². The number of hydrogen-bond acceptors (Lipinski definition) is 7. The Morgan fingerprint density at radius 3 is 2.75 bits per heavy atom. The van der Waals surface area contributed by atoms with E-state index in [1.165, 1.54) is 11.3 Å². The molecule has 0 spiro atoms. The van der Waals surface area contributed by atoms with E-state index in [-0.39, 0.29) is 11.3 Å². The van der Waals surface area contributed by atoms with Gasteiger partial charge in [-0.1, -0.05) is 0 Å². The van der Waals surface area contributed by atoms with Crippen LogP contribution in [0.1, 0.15) is 0 Å². The summed E-state index contributed by atoms with van der Waals surface area (Å²) < 4.78 is 2.13. The lowest BCUT2D eigenvalue weighted by Gasteiger charge is -1.98. The maximum Gasteiger partial charge on any atom is 0.291 e. The number of aromatic amines is 1. The van der Waals surface area contributed by atoms with Crippen LogP contribution in [0.25, 0.3) is 37.5 Å². The summed E-state index contributed by atoms with van der Waals surface area (Å²) in [5.41, 5.74) is 2.59. The molecule has 5 rings (SSSR count). The van der Waals surface area contributed by atoms with Crippen LogP contribution in [0.3, 0.4) is 0 Å². The Balaban J connectivity index is 1.93. The smallest absolute Gasteiger partial charge is 0.291 e. The van der Waals surface area contributed by atoms with E-state index in [1.807, 2.05) is 0 Å². The topological polar surface area (TPSA) is 109 Å². The quantitative estimate of drug-likeness (QED) is 0.484. The number of H-pyrrole nitrogens is 1. The minimum Gasteiger partial charge on any atom is -0.508 e. The molecule has 1 aromatic carbocycles. The highest BCUT2D eigenvalue weighted by Gasteiger charge is 2.18. The lowest BCUT2D eigenvalue weighted by Crippen LogP contribution is -2.08. The van der Waals surface area contributed by atoms with Gasteiger partial charge in [-0.25, -0.2) is 19.7 Å². The molecule has 0 radical (unpaired) electrons. The van der Waals surface area contributed by atoms with E-state index in [0.717, 1.165) is 5.56 Å². The molecule has 4 heterocycles. The number of hydrogen-bond donors (Lipinski definition) is 2. The summed E-state index contributed by atoms with van der Waals surface area (Å²) in [5.74, 6) is 0.158. The van der Waals surface area contributed by atoms with Gasteiger partial charge in [0.2, 0.25) is 0 Å². The first kappa shape index (κ1) is 13.1. The van der Waals surface area contributed by atoms with Crippen LogP contribution in [-0.2, 0) is 0 Å². The second-order valence-corrected chi connectivity index (χ2v) is 6.17. The van der Waals surface area contributed by atoms with Crippen molar-refractivity contribution in [1.82, 2.24) is 29.8 Å². The number of rotatable bonds is 1. The number of phenolic OH excluding ortho intramolecular Hbond substituents is 1. The average molecular weight is 336 g/mol. The van der Waals surface area contributed by atoms with Gasteiger partial charge >= 0.3 is 0 Å². The van der Waals surface area contributed by atoms with Crippen LogP contribution in [0.5, 0.6) is 5.75 Å². The van der Waals surface area contributed by atoms with Gasteiger partial charge in [0, 0.05) is 18.0 Å². The van der Waals surface area contributed by atoms with Crippen LogP contribution in [0.4, 0.5) is 0 Å². The van der Waals surface area contributed by atoms with Crippen LogP contribution < -0.4 is 5.56 Å². The van der Waals surface area contributed by atoms with E-state index in [0.29, 0.717) is 31.9 Å². The van der Waals surface area contributed by atoms with Crippen molar-refractivity contribution in [3.05, 3.63) is 47.0 Å². The number of thiophene rings is 1. The van der Waals surface area contributed by atoms with E-state index in [9.17, 15) is 9.90 Å². The normalized spacial score (nSPS) is 11.7. The maximum absolute atomic E-state index is 12.4. The second-order valence-electron chi connectivity index (χ2n) is 5.17. The molecular formula is C15H8N6O2S. The Morgan fingerprint density at radius 1 is 1.12 bits per heavy atom. The van der Waals surface area contributed by atoms with E-state index < -0.39 is 0 Å². The summed E-state index contributed by atoms with van der Waals surface area (Å²) in [6, 6.07) is 6.55. The fourth-order valence-corrected chi connectivity index (χ4v) is 3.66. The highest BCUT2D eigenvalue weighted by Crippen LogP contribution is 2.30. The van der Waals surface area contributed by atoms with E-state index >= 15 is 0 Å². The van der Waals surface area contributed by atoms with Gasteiger partial charge < -0.3 is 5.11 Å². The summed E-state index contributed by atoms with van der Waals surface area (Å²) in [6.45, 7) is 0. The number of nitrogens with one attached hydrogen (secondary N) is 1. The van der Waals surface area contributed by atoms with Crippen molar-refractivity contribution in [3.8, 4) is 17.0 Å². The number of nitrogens with zero attached hydrogens (tertiary/aromatic N) is 5. The number of phenols is 1. The van der Waals surface area contributed by atoms with Gasteiger partial charge in [-0.05, 0) is 24.3 Å². The molecule has 0 fully saturated rings. The predicted octanol–water partition coefficient (Wildman–Crippen LogP) is 1.95. The zero-order valence-electron chi connectivity index (χ0n) is 12.0. The molecule has 2 N–H and O–H groups in total. The van der Waals surface area contributed by atoms with Gasteiger partial charge in [-0.3, -0.25) is 4.79 Å². The molecule has 0 aliphatic rings. The van der Waals surface area contributed by atoms with E-state index in [1.54, 1.807) is 41.2 Å². The Labute approximate surface area is 137 Å². The highest BCUT2D eigenvalue weighted by molar-refractivity contribution is 7.25. The lowest BCUT2D eigenvalue weighted by molar-refractivity contribution is 0.475. The maximum atomic E-state index is 12.4. The molecule has 0 aliphatic carbocycles. The molecule has 0 saturated carbocycles. The van der Waals surface area contributed by atoms with Crippen molar-refractivity contribution in [3.63, 3.8) is 0 Å². The molecule has 0 amide bonds. The minimum atomic E-state index is -0.337. The highest BCUT2D eigenvalue weighted by atomic mass is 32.1. The van der Waals surface area contributed by atoms with Crippen molar-refractivity contribution >= 4 is 37.5 Å². The van der Waals surface area contributed by atoms with Gasteiger partial charge in [0.15, 0.2) is 5.65 Å². The van der Waals surface area contributed by atoms with Crippen LogP contribution in [0, 0.1) is 0 Å². The molecule has 24 heavy (non-hydrogen) atoms. The summed E-state index contributed by atoms with van der Waals surface area (Å²) in [4.78, 5) is 25.9. The molecule has 4 aromatic heterocycles. The fraction of sp³-hybridized carbons (Fsp3) is 0. The van der Waals surface area contributed by atoms with Gasteiger partial charge in [0.1, 0.15) is 32.0 Å². The van der Waals surface area contributed by atoms with E-state index in [2.05, 4.69) is 25.3 Å². The van der Waals surface area contributed by atoms with Crippen molar-refractivity contribution in [1.29, 1.82) is 0 Å². The van der Waals surface area contributed by atoms with Crippen LogP contribution in [0.15, 0.2) is 41.5 Å². The summed E-state index contributed by atoms with van der Waals surface area (Å²) in [6.07, 6.45) is 3.18. The zero-order valence-corrected chi connectivity index (χ0v) is 12.8. The van der Waals surface area contributed by atoms with Crippen molar-refractivity contribution < 1.29 is 5.11 Å². The van der Waals surface area contributed by atoms with Gasteiger partial charge in [-0.15, -0.1) is 11.3 Å². The molecule has 8 nitrogen and oxygen atoms in total.